The van der Waals surface area contributed by atoms with Crippen LogP contribution < -0.4 is 9.64 Å². The van der Waals surface area contributed by atoms with Gasteiger partial charge in [0.05, 0.1) is 12.7 Å². The topological polar surface area (TPSA) is 75.6 Å². The van der Waals surface area contributed by atoms with Crippen molar-refractivity contribution >= 4 is 11.8 Å². The van der Waals surface area contributed by atoms with Crippen LogP contribution in [0.2, 0.25) is 0 Å². The summed E-state index contributed by atoms with van der Waals surface area (Å²) in [4.78, 5) is 21.9. The Balaban J connectivity index is 1.84. The van der Waals surface area contributed by atoms with Crippen LogP contribution in [0.25, 0.3) is 0 Å². The molecular weight excluding hydrogens is 270 g/mol. The van der Waals surface area contributed by atoms with Crippen LogP contribution >= 0.6 is 0 Å². The Kier molecular flexibility index (Phi) is 3.69. The van der Waals surface area contributed by atoms with Crippen molar-refractivity contribution in [3.63, 3.8) is 0 Å². The summed E-state index contributed by atoms with van der Waals surface area (Å²) in [6.07, 6.45) is 5.94. The summed E-state index contributed by atoms with van der Waals surface area (Å²) in [6.45, 7) is 1.98. The van der Waals surface area contributed by atoms with Crippen molar-refractivity contribution < 1.29 is 14.6 Å². The first-order chi connectivity index (χ1) is 10.1. The molecule has 2 fully saturated rings. The van der Waals surface area contributed by atoms with Crippen molar-refractivity contribution in [3.8, 4) is 5.88 Å². The lowest BCUT2D eigenvalue weighted by Crippen LogP contribution is -2.44. The standard InChI is InChI=1S/C15H21N3O3/c1-9-14(16-8-17-15(9)21-2)18-11-3-4-12(18)6-10(5-11)7-13(19)20/h8,10-12H,3-7H2,1-2H3,(H,19,20). The highest BCUT2D eigenvalue weighted by molar-refractivity contribution is 5.67. The lowest BCUT2D eigenvalue weighted by Gasteiger charge is -2.40. The van der Waals surface area contributed by atoms with Gasteiger partial charge in [0.2, 0.25) is 5.88 Å². The summed E-state index contributed by atoms with van der Waals surface area (Å²) in [5, 5.41) is 9.00. The lowest BCUT2D eigenvalue weighted by atomic mass is 9.88. The third kappa shape index (κ3) is 2.54. The number of fused-ring (bicyclic) bond motifs is 2. The molecule has 114 valence electrons. The number of anilines is 1. The minimum absolute atomic E-state index is 0.285. The second-order valence-corrected chi connectivity index (χ2v) is 6.06. The molecule has 0 saturated carbocycles. The van der Waals surface area contributed by atoms with Crippen molar-refractivity contribution in [2.75, 3.05) is 12.0 Å². The zero-order chi connectivity index (χ0) is 15.0. The number of rotatable bonds is 4. The monoisotopic (exact) mass is 291 g/mol. The molecule has 2 unspecified atom stereocenters. The Labute approximate surface area is 124 Å². The quantitative estimate of drug-likeness (QED) is 0.914. The van der Waals surface area contributed by atoms with E-state index in [9.17, 15) is 4.79 Å². The number of carbonyl (C=O) groups is 1. The number of ether oxygens (including phenoxy) is 1. The zero-order valence-electron chi connectivity index (χ0n) is 12.5. The number of hydrogen-bond donors (Lipinski definition) is 1. The molecule has 3 heterocycles. The van der Waals surface area contributed by atoms with Crippen molar-refractivity contribution in [2.24, 2.45) is 5.92 Å². The van der Waals surface area contributed by atoms with Crippen LogP contribution in [0.5, 0.6) is 5.88 Å². The molecule has 2 bridgehead atoms. The fourth-order valence-corrected chi connectivity index (χ4v) is 3.94. The third-order valence-corrected chi connectivity index (χ3v) is 4.74. The van der Waals surface area contributed by atoms with E-state index in [-0.39, 0.29) is 6.42 Å². The van der Waals surface area contributed by atoms with Gasteiger partial charge in [-0.15, -0.1) is 0 Å². The molecule has 0 amide bonds. The zero-order valence-corrected chi connectivity index (χ0v) is 12.5. The Bertz CT molecular complexity index is 535. The molecule has 1 aromatic rings. The maximum absolute atomic E-state index is 10.9. The molecule has 2 aliphatic heterocycles. The first-order valence-corrected chi connectivity index (χ1v) is 7.46. The van der Waals surface area contributed by atoms with Crippen LogP contribution in [0.4, 0.5) is 5.82 Å². The van der Waals surface area contributed by atoms with E-state index in [2.05, 4.69) is 14.9 Å². The smallest absolute Gasteiger partial charge is 0.303 e. The van der Waals surface area contributed by atoms with E-state index in [1.807, 2.05) is 6.92 Å². The number of methoxy groups -OCH3 is 1. The van der Waals surface area contributed by atoms with Gasteiger partial charge in [0, 0.05) is 18.5 Å². The Morgan fingerprint density at radius 1 is 1.38 bits per heavy atom. The fraction of sp³-hybridized carbons (Fsp3) is 0.667. The van der Waals surface area contributed by atoms with E-state index >= 15 is 0 Å². The predicted octanol–water partition coefficient (Wildman–Crippen LogP) is 2.02. The Hall–Kier alpha value is -1.85. The van der Waals surface area contributed by atoms with Crippen LogP contribution in [0, 0.1) is 12.8 Å². The summed E-state index contributed by atoms with van der Waals surface area (Å²) in [7, 11) is 1.62. The van der Waals surface area contributed by atoms with Gasteiger partial charge in [-0.25, -0.2) is 9.97 Å². The molecule has 6 heteroatoms. The maximum atomic E-state index is 10.9. The second-order valence-electron chi connectivity index (χ2n) is 6.06. The largest absolute Gasteiger partial charge is 0.481 e. The molecular formula is C15H21N3O3. The van der Waals surface area contributed by atoms with Crippen molar-refractivity contribution in [1.29, 1.82) is 0 Å². The van der Waals surface area contributed by atoms with Gasteiger partial charge in [-0.05, 0) is 38.5 Å². The van der Waals surface area contributed by atoms with Gasteiger partial charge in [-0.2, -0.15) is 0 Å². The minimum Gasteiger partial charge on any atom is -0.481 e. The van der Waals surface area contributed by atoms with E-state index in [1.165, 1.54) is 0 Å². The SMILES string of the molecule is COc1ncnc(N2C3CCC2CC(CC(=O)O)C3)c1C. The summed E-state index contributed by atoms with van der Waals surface area (Å²) >= 11 is 0. The first kappa shape index (κ1) is 14.1. The van der Waals surface area contributed by atoms with Gasteiger partial charge in [0.1, 0.15) is 12.1 Å². The number of carboxylic acids is 1. The lowest BCUT2D eigenvalue weighted by molar-refractivity contribution is -0.138. The molecule has 21 heavy (non-hydrogen) atoms. The molecule has 0 spiro atoms. The van der Waals surface area contributed by atoms with Gasteiger partial charge >= 0.3 is 5.97 Å². The molecule has 0 radical (unpaired) electrons. The summed E-state index contributed by atoms with van der Waals surface area (Å²) in [5.41, 5.74) is 0.966. The highest BCUT2D eigenvalue weighted by Gasteiger charge is 2.42. The van der Waals surface area contributed by atoms with E-state index in [0.29, 0.717) is 23.9 Å². The molecule has 1 aromatic heterocycles. The van der Waals surface area contributed by atoms with Gasteiger partial charge in [-0.3, -0.25) is 4.79 Å². The van der Waals surface area contributed by atoms with Crippen LogP contribution in [-0.2, 0) is 4.79 Å². The summed E-state index contributed by atoms with van der Waals surface area (Å²) in [5.74, 6) is 1.17. The molecule has 3 rings (SSSR count). The van der Waals surface area contributed by atoms with E-state index in [1.54, 1.807) is 13.4 Å². The van der Waals surface area contributed by atoms with Crippen LogP contribution in [0.15, 0.2) is 6.33 Å². The number of nitrogens with zero attached hydrogens (tertiary/aromatic N) is 3. The summed E-state index contributed by atoms with van der Waals surface area (Å²) in [6, 6.07) is 0.790. The van der Waals surface area contributed by atoms with Crippen LogP contribution in [-0.4, -0.2) is 40.2 Å². The maximum Gasteiger partial charge on any atom is 0.303 e. The molecule has 1 N–H and O–H groups in total. The van der Waals surface area contributed by atoms with Gasteiger partial charge in [0.15, 0.2) is 0 Å². The molecule has 2 aliphatic rings. The van der Waals surface area contributed by atoms with Gasteiger partial charge < -0.3 is 14.7 Å². The average molecular weight is 291 g/mol. The van der Waals surface area contributed by atoms with Crippen molar-refractivity contribution in [2.45, 2.75) is 51.1 Å². The van der Waals surface area contributed by atoms with Gasteiger partial charge in [-0.1, -0.05) is 0 Å². The minimum atomic E-state index is -0.687. The molecule has 0 aliphatic carbocycles. The molecule has 2 saturated heterocycles. The molecule has 6 nitrogen and oxygen atoms in total. The van der Waals surface area contributed by atoms with Crippen molar-refractivity contribution in [3.05, 3.63) is 11.9 Å². The fourth-order valence-electron chi connectivity index (χ4n) is 3.94. The number of carboxylic acid groups (broad SMARTS) is 1. The Morgan fingerprint density at radius 2 is 2.05 bits per heavy atom. The number of hydrogen-bond acceptors (Lipinski definition) is 5. The van der Waals surface area contributed by atoms with Crippen molar-refractivity contribution in [1.82, 2.24) is 9.97 Å². The number of aliphatic carboxylic acids is 1. The third-order valence-electron chi connectivity index (χ3n) is 4.74. The van der Waals surface area contributed by atoms with E-state index in [4.69, 9.17) is 9.84 Å². The van der Waals surface area contributed by atoms with Gasteiger partial charge in [0.25, 0.3) is 0 Å². The molecule has 2 atom stereocenters. The highest BCUT2D eigenvalue weighted by Crippen LogP contribution is 2.43. The van der Waals surface area contributed by atoms with Crippen LogP contribution in [0.3, 0.4) is 0 Å². The normalized spacial score (nSPS) is 27.7. The second kappa shape index (κ2) is 5.50. The molecule has 0 aromatic carbocycles. The van der Waals surface area contributed by atoms with E-state index < -0.39 is 5.97 Å². The number of piperidine rings is 1. The predicted molar refractivity (Wildman–Crippen MR) is 77.6 cm³/mol. The number of aromatic nitrogens is 2. The average Bonchev–Trinajstić information content (AvgIpc) is 2.70. The first-order valence-electron chi connectivity index (χ1n) is 7.46. The van der Waals surface area contributed by atoms with Crippen LogP contribution in [0.1, 0.15) is 37.7 Å². The highest BCUT2D eigenvalue weighted by atomic mass is 16.5. The summed E-state index contributed by atoms with van der Waals surface area (Å²) < 4.78 is 5.29. The Morgan fingerprint density at radius 3 is 2.62 bits per heavy atom. The van der Waals surface area contributed by atoms with E-state index in [0.717, 1.165) is 37.1 Å².